The second-order valence-corrected chi connectivity index (χ2v) is 9.72. The van der Waals surface area contributed by atoms with Crippen molar-refractivity contribution in [2.45, 2.75) is 5.75 Å². The summed E-state index contributed by atoms with van der Waals surface area (Å²) in [6.45, 7) is 2.59. The van der Waals surface area contributed by atoms with Crippen LogP contribution >= 0.6 is 15.9 Å². The number of piperazine rings is 1. The molecule has 33 heavy (non-hydrogen) atoms. The summed E-state index contributed by atoms with van der Waals surface area (Å²) in [5, 5.41) is 0. The number of anilines is 1. The Kier molecular flexibility index (Phi) is 7.51. The molecule has 1 saturated heterocycles. The van der Waals surface area contributed by atoms with Crippen molar-refractivity contribution in [3.05, 3.63) is 94.2 Å². The number of carbonyl (C=O) groups excluding carboxylic acids is 2. The molecule has 2 heterocycles. The number of amides is 2. The third-order valence-corrected chi connectivity index (χ3v) is 6.80. The highest BCUT2D eigenvalue weighted by atomic mass is 79.9. The van der Waals surface area contributed by atoms with Gasteiger partial charge in [-0.1, -0.05) is 30.3 Å². The van der Waals surface area contributed by atoms with Crippen LogP contribution in [0.15, 0.2) is 77.5 Å². The SMILES string of the molecule is O=C(NS(=O)Cc1ccccc1)c1ccc(N2CCN(C(=O)c3cncc(Br)c3)CC2)cc1. The Balaban J connectivity index is 1.30. The molecule has 1 aliphatic rings. The Bertz CT molecular complexity index is 1150. The molecule has 0 bridgehead atoms. The van der Waals surface area contributed by atoms with Gasteiger partial charge < -0.3 is 9.80 Å². The minimum Gasteiger partial charge on any atom is -0.368 e. The summed E-state index contributed by atoms with van der Waals surface area (Å²) in [4.78, 5) is 33.2. The van der Waals surface area contributed by atoms with Gasteiger partial charge in [-0.2, -0.15) is 0 Å². The van der Waals surface area contributed by atoms with Gasteiger partial charge in [-0.25, -0.2) is 4.21 Å². The molecule has 7 nitrogen and oxygen atoms in total. The Labute approximate surface area is 203 Å². The maximum atomic E-state index is 12.7. The highest BCUT2D eigenvalue weighted by Gasteiger charge is 2.23. The summed E-state index contributed by atoms with van der Waals surface area (Å²) < 4.78 is 15.6. The van der Waals surface area contributed by atoms with Gasteiger partial charge in [0.2, 0.25) is 0 Å². The Hall–Kier alpha value is -3.04. The van der Waals surface area contributed by atoms with Crippen LogP contribution in [-0.4, -0.2) is 52.1 Å². The van der Waals surface area contributed by atoms with E-state index in [2.05, 4.69) is 30.5 Å². The highest BCUT2D eigenvalue weighted by Crippen LogP contribution is 2.19. The van der Waals surface area contributed by atoms with Crippen molar-refractivity contribution in [2.24, 2.45) is 0 Å². The fourth-order valence-electron chi connectivity index (χ4n) is 3.63. The normalized spacial score (nSPS) is 14.6. The van der Waals surface area contributed by atoms with Gasteiger partial charge in [-0.05, 0) is 51.8 Å². The number of rotatable bonds is 6. The van der Waals surface area contributed by atoms with Crippen LogP contribution in [0.5, 0.6) is 0 Å². The van der Waals surface area contributed by atoms with E-state index < -0.39 is 11.0 Å². The summed E-state index contributed by atoms with van der Waals surface area (Å²) in [5.74, 6) is -0.128. The molecule has 4 rings (SSSR count). The zero-order valence-electron chi connectivity index (χ0n) is 17.8. The van der Waals surface area contributed by atoms with E-state index in [0.29, 0.717) is 37.3 Å². The van der Waals surface area contributed by atoms with E-state index in [4.69, 9.17) is 0 Å². The molecule has 170 valence electrons. The predicted molar refractivity (Wildman–Crippen MR) is 132 cm³/mol. The van der Waals surface area contributed by atoms with Gasteiger partial charge in [0.1, 0.15) is 11.0 Å². The largest absolute Gasteiger partial charge is 0.368 e. The van der Waals surface area contributed by atoms with Crippen LogP contribution < -0.4 is 9.62 Å². The van der Waals surface area contributed by atoms with Crippen molar-refractivity contribution in [1.82, 2.24) is 14.6 Å². The fourth-order valence-corrected chi connectivity index (χ4v) is 4.88. The lowest BCUT2D eigenvalue weighted by Crippen LogP contribution is -2.48. The van der Waals surface area contributed by atoms with Crippen molar-refractivity contribution in [3.8, 4) is 0 Å². The molecule has 1 aliphatic heterocycles. The first-order chi connectivity index (χ1) is 16.0. The maximum Gasteiger partial charge on any atom is 0.262 e. The summed E-state index contributed by atoms with van der Waals surface area (Å²) in [7, 11) is -1.49. The Morgan fingerprint density at radius 2 is 1.64 bits per heavy atom. The van der Waals surface area contributed by atoms with Crippen LogP contribution in [0.4, 0.5) is 5.69 Å². The van der Waals surface area contributed by atoms with Crippen molar-refractivity contribution in [3.63, 3.8) is 0 Å². The van der Waals surface area contributed by atoms with Crippen molar-refractivity contribution >= 4 is 44.4 Å². The molecule has 0 aliphatic carbocycles. The molecule has 0 saturated carbocycles. The molecule has 1 unspecified atom stereocenters. The van der Waals surface area contributed by atoms with Crippen LogP contribution in [0.25, 0.3) is 0 Å². The lowest BCUT2D eigenvalue weighted by Gasteiger charge is -2.36. The lowest BCUT2D eigenvalue weighted by molar-refractivity contribution is 0.0746. The molecular formula is C24H23BrN4O3S. The molecule has 0 radical (unpaired) electrons. The first-order valence-electron chi connectivity index (χ1n) is 10.5. The Morgan fingerprint density at radius 3 is 2.30 bits per heavy atom. The van der Waals surface area contributed by atoms with Crippen LogP contribution in [0.3, 0.4) is 0 Å². The molecule has 1 atom stereocenters. The van der Waals surface area contributed by atoms with E-state index in [0.717, 1.165) is 15.7 Å². The number of hydrogen-bond acceptors (Lipinski definition) is 5. The number of aromatic nitrogens is 1. The molecule has 1 N–H and O–H groups in total. The molecular weight excluding hydrogens is 504 g/mol. The minimum absolute atomic E-state index is 0.0287. The van der Waals surface area contributed by atoms with E-state index in [1.165, 1.54) is 0 Å². The number of carbonyl (C=O) groups is 2. The molecule has 9 heteroatoms. The summed E-state index contributed by atoms with van der Waals surface area (Å²) in [5.41, 5.74) is 2.91. The standard InChI is InChI=1S/C24H23BrN4O3S/c25-21-14-20(15-26-16-21)24(31)29-12-10-28(11-13-29)22-8-6-19(7-9-22)23(30)27-33(32)17-18-4-2-1-3-5-18/h1-9,14-16H,10-13,17H2,(H,27,30). The first-order valence-corrected chi connectivity index (χ1v) is 12.6. The molecule has 2 aromatic carbocycles. The van der Waals surface area contributed by atoms with Gasteiger partial charge in [0, 0.05) is 54.3 Å². The summed E-state index contributed by atoms with van der Waals surface area (Å²) >= 11 is 3.35. The molecule has 2 amide bonds. The van der Waals surface area contributed by atoms with E-state index in [9.17, 15) is 13.8 Å². The second kappa shape index (κ2) is 10.7. The van der Waals surface area contributed by atoms with Gasteiger partial charge in [-0.3, -0.25) is 19.3 Å². The molecule has 1 aromatic heterocycles. The highest BCUT2D eigenvalue weighted by molar-refractivity contribution is 9.10. The maximum absolute atomic E-state index is 12.7. The number of hydrogen-bond donors (Lipinski definition) is 1. The van der Waals surface area contributed by atoms with Crippen molar-refractivity contribution < 1.29 is 13.8 Å². The fraction of sp³-hybridized carbons (Fsp3) is 0.208. The zero-order chi connectivity index (χ0) is 23.2. The molecule has 1 fully saturated rings. The van der Waals surface area contributed by atoms with Gasteiger partial charge in [0.25, 0.3) is 11.8 Å². The van der Waals surface area contributed by atoms with Gasteiger partial charge in [-0.15, -0.1) is 0 Å². The first kappa shape index (κ1) is 23.1. The van der Waals surface area contributed by atoms with Crippen molar-refractivity contribution in [1.29, 1.82) is 0 Å². The van der Waals surface area contributed by atoms with Gasteiger partial charge in [0.15, 0.2) is 0 Å². The van der Waals surface area contributed by atoms with E-state index in [-0.39, 0.29) is 17.6 Å². The quantitative estimate of drug-likeness (QED) is 0.532. The predicted octanol–water partition coefficient (Wildman–Crippen LogP) is 3.40. The average Bonchev–Trinajstić information content (AvgIpc) is 2.84. The van der Waals surface area contributed by atoms with Gasteiger partial charge >= 0.3 is 0 Å². The number of halogens is 1. The van der Waals surface area contributed by atoms with Crippen LogP contribution in [-0.2, 0) is 16.7 Å². The van der Waals surface area contributed by atoms with Crippen LogP contribution in [0.2, 0.25) is 0 Å². The van der Waals surface area contributed by atoms with Crippen molar-refractivity contribution in [2.75, 3.05) is 31.1 Å². The molecule has 3 aromatic rings. The topological polar surface area (TPSA) is 82.6 Å². The number of nitrogens with one attached hydrogen (secondary N) is 1. The lowest BCUT2D eigenvalue weighted by atomic mass is 10.1. The van der Waals surface area contributed by atoms with E-state index in [1.807, 2.05) is 47.4 Å². The monoisotopic (exact) mass is 526 g/mol. The summed E-state index contributed by atoms with van der Waals surface area (Å²) in [6, 6.07) is 18.4. The van der Waals surface area contributed by atoms with Crippen LogP contribution in [0.1, 0.15) is 26.3 Å². The third-order valence-electron chi connectivity index (χ3n) is 5.36. The Morgan fingerprint density at radius 1 is 0.939 bits per heavy atom. The third kappa shape index (κ3) is 6.06. The minimum atomic E-state index is -1.49. The van der Waals surface area contributed by atoms with E-state index in [1.54, 1.807) is 30.6 Å². The summed E-state index contributed by atoms with van der Waals surface area (Å²) in [6.07, 6.45) is 3.23. The van der Waals surface area contributed by atoms with Crippen LogP contribution in [0, 0.1) is 0 Å². The number of nitrogens with zero attached hydrogens (tertiary/aromatic N) is 3. The zero-order valence-corrected chi connectivity index (χ0v) is 20.2. The number of pyridine rings is 1. The second-order valence-electron chi connectivity index (χ2n) is 7.62. The van der Waals surface area contributed by atoms with E-state index >= 15 is 0 Å². The average molecular weight is 527 g/mol. The smallest absolute Gasteiger partial charge is 0.262 e. The number of benzene rings is 2. The molecule has 0 spiro atoms. The van der Waals surface area contributed by atoms with Gasteiger partial charge in [0.05, 0.1) is 11.3 Å².